The molecule has 0 saturated heterocycles. The van der Waals surface area contributed by atoms with E-state index in [4.69, 9.17) is 4.74 Å². The van der Waals surface area contributed by atoms with Gasteiger partial charge in [-0.1, -0.05) is 78.9 Å². The molecule has 3 rings (SSSR count). The van der Waals surface area contributed by atoms with Crippen LogP contribution in [-0.4, -0.2) is 10.9 Å². The molecule has 3 heteroatoms. The van der Waals surface area contributed by atoms with Crippen LogP contribution in [0.1, 0.15) is 15.9 Å². The molecule has 0 radical (unpaired) electrons. The van der Waals surface area contributed by atoms with Gasteiger partial charge in [0.1, 0.15) is 5.75 Å². The second-order valence-corrected chi connectivity index (χ2v) is 5.12. The second-order valence-electron chi connectivity index (χ2n) is 5.12. The van der Waals surface area contributed by atoms with Crippen LogP contribution in [0.15, 0.2) is 91.0 Å². The molecule has 3 nitrogen and oxygen atoms in total. The molecule has 0 fully saturated rings. The van der Waals surface area contributed by atoms with Crippen LogP contribution < -0.4 is 4.74 Å². The fraction of sp³-hybridized carbons (Fsp3) is 0.0500. The molecule has 3 aromatic carbocycles. The highest BCUT2D eigenvalue weighted by Crippen LogP contribution is 2.29. The van der Waals surface area contributed by atoms with E-state index in [9.17, 15) is 9.90 Å². The van der Waals surface area contributed by atoms with Crippen molar-refractivity contribution >= 4 is 5.78 Å². The van der Waals surface area contributed by atoms with E-state index < -0.39 is 11.6 Å². The second kappa shape index (κ2) is 6.46. The molecule has 3 aromatic rings. The van der Waals surface area contributed by atoms with E-state index in [0.29, 0.717) is 16.9 Å². The summed E-state index contributed by atoms with van der Waals surface area (Å²) in [6, 6.07) is 26.1. The minimum absolute atomic E-state index is 0.384. The van der Waals surface area contributed by atoms with Gasteiger partial charge >= 0.3 is 0 Å². The first-order valence-electron chi connectivity index (χ1n) is 7.32. The number of Topliss-reactive ketones (excluding diaryl/α,β-unsaturated/α-hetero) is 1. The van der Waals surface area contributed by atoms with Crippen molar-refractivity contribution in [3.63, 3.8) is 0 Å². The number of rotatable bonds is 5. The molecule has 0 amide bonds. The molecule has 1 unspecified atom stereocenters. The fourth-order valence-electron chi connectivity index (χ4n) is 2.34. The molecule has 1 atom stereocenters. The molecule has 0 spiro atoms. The van der Waals surface area contributed by atoms with Crippen LogP contribution in [0.5, 0.6) is 5.75 Å². The van der Waals surface area contributed by atoms with Crippen molar-refractivity contribution in [2.75, 3.05) is 0 Å². The predicted octanol–water partition coefficient (Wildman–Crippen LogP) is 3.79. The van der Waals surface area contributed by atoms with Crippen LogP contribution >= 0.6 is 0 Å². The first-order valence-corrected chi connectivity index (χ1v) is 7.32. The number of carbonyl (C=O) groups excluding carboxylic acids is 1. The number of benzene rings is 3. The molecule has 114 valence electrons. The third-order valence-corrected chi connectivity index (χ3v) is 3.52. The standard InChI is InChI=1S/C20H16O3/c21-19(16-10-4-1-5-11-16)20(22,17-12-6-2-7-13-17)23-18-14-8-3-9-15-18/h1-15,22H. The summed E-state index contributed by atoms with van der Waals surface area (Å²) in [5.74, 6) is -2.17. The van der Waals surface area contributed by atoms with Gasteiger partial charge in [-0.3, -0.25) is 4.79 Å². The Labute approximate surface area is 134 Å². The van der Waals surface area contributed by atoms with E-state index in [2.05, 4.69) is 0 Å². The minimum atomic E-state index is -2.08. The lowest BCUT2D eigenvalue weighted by Gasteiger charge is -2.28. The molecule has 0 aliphatic carbocycles. The molecule has 1 N–H and O–H groups in total. The normalized spacial score (nSPS) is 13.1. The average molecular weight is 304 g/mol. The summed E-state index contributed by atoms with van der Waals surface area (Å²) in [4.78, 5) is 12.9. The van der Waals surface area contributed by atoms with Crippen LogP contribution in [-0.2, 0) is 5.79 Å². The van der Waals surface area contributed by atoms with Crippen LogP contribution in [0.3, 0.4) is 0 Å². The Bertz CT molecular complexity index is 770. The summed E-state index contributed by atoms with van der Waals surface area (Å²) < 4.78 is 5.71. The highest BCUT2D eigenvalue weighted by Gasteiger charge is 2.41. The Hall–Kier alpha value is -2.91. The maximum absolute atomic E-state index is 12.9. The zero-order chi connectivity index (χ0) is 16.1. The van der Waals surface area contributed by atoms with E-state index >= 15 is 0 Å². The Kier molecular flexibility index (Phi) is 4.22. The highest BCUT2D eigenvalue weighted by atomic mass is 16.6. The molecule has 0 aliphatic heterocycles. The summed E-state index contributed by atoms with van der Waals surface area (Å²) in [7, 11) is 0. The van der Waals surface area contributed by atoms with Crippen molar-refractivity contribution in [1.29, 1.82) is 0 Å². The zero-order valence-corrected chi connectivity index (χ0v) is 12.4. The number of ether oxygens (including phenoxy) is 1. The van der Waals surface area contributed by atoms with E-state index in [-0.39, 0.29) is 0 Å². The van der Waals surface area contributed by atoms with E-state index in [1.807, 2.05) is 18.2 Å². The summed E-state index contributed by atoms with van der Waals surface area (Å²) in [5.41, 5.74) is 0.771. The third-order valence-electron chi connectivity index (χ3n) is 3.52. The lowest BCUT2D eigenvalue weighted by Crippen LogP contribution is -2.41. The largest absolute Gasteiger partial charge is 0.451 e. The van der Waals surface area contributed by atoms with Crippen molar-refractivity contribution in [3.05, 3.63) is 102 Å². The Morgan fingerprint density at radius 3 is 1.78 bits per heavy atom. The SMILES string of the molecule is O=C(c1ccccc1)C(O)(Oc1ccccc1)c1ccccc1. The predicted molar refractivity (Wildman–Crippen MR) is 88.2 cm³/mol. The monoisotopic (exact) mass is 304 g/mol. The van der Waals surface area contributed by atoms with Crippen LogP contribution in [0.25, 0.3) is 0 Å². The van der Waals surface area contributed by atoms with Gasteiger partial charge in [-0.2, -0.15) is 0 Å². The van der Waals surface area contributed by atoms with Gasteiger partial charge in [0.15, 0.2) is 0 Å². The third kappa shape index (κ3) is 3.15. The zero-order valence-electron chi connectivity index (χ0n) is 12.4. The van der Waals surface area contributed by atoms with Gasteiger partial charge in [-0.15, -0.1) is 0 Å². The number of ketones is 1. The van der Waals surface area contributed by atoms with Crippen LogP contribution in [0.4, 0.5) is 0 Å². The van der Waals surface area contributed by atoms with Crippen LogP contribution in [0.2, 0.25) is 0 Å². The quantitative estimate of drug-likeness (QED) is 0.576. The number of hydrogen-bond acceptors (Lipinski definition) is 3. The van der Waals surface area contributed by atoms with Crippen LogP contribution in [0, 0.1) is 0 Å². The lowest BCUT2D eigenvalue weighted by molar-refractivity contribution is -0.106. The smallest absolute Gasteiger partial charge is 0.299 e. The maximum Gasteiger partial charge on any atom is 0.299 e. The van der Waals surface area contributed by atoms with Gasteiger partial charge in [-0.25, -0.2) is 0 Å². The number of hydrogen-bond donors (Lipinski definition) is 1. The molecule has 0 aliphatic rings. The molecule has 0 heterocycles. The summed E-state index contributed by atoms with van der Waals surface area (Å²) >= 11 is 0. The van der Waals surface area contributed by atoms with Crippen molar-refractivity contribution < 1.29 is 14.6 Å². The number of carbonyl (C=O) groups is 1. The molecular weight excluding hydrogens is 288 g/mol. The summed E-state index contributed by atoms with van der Waals surface area (Å²) in [6.45, 7) is 0. The Morgan fingerprint density at radius 1 is 0.739 bits per heavy atom. The van der Waals surface area contributed by atoms with E-state index in [1.54, 1.807) is 72.8 Å². The average Bonchev–Trinajstić information content (AvgIpc) is 2.63. The van der Waals surface area contributed by atoms with Crippen molar-refractivity contribution in [2.45, 2.75) is 5.79 Å². The van der Waals surface area contributed by atoms with E-state index in [1.165, 1.54) is 0 Å². The topological polar surface area (TPSA) is 46.5 Å². The Balaban J connectivity index is 2.05. The molecule has 0 saturated carbocycles. The van der Waals surface area contributed by atoms with Gasteiger partial charge in [-0.05, 0) is 12.1 Å². The van der Waals surface area contributed by atoms with Gasteiger partial charge in [0.05, 0.1) is 0 Å². The summed E-state index contributed by atoms with van der Waals surface area (Å²) in [5, 5.41) is 11.1. The molecule has 23 heavy (non-hydrogen) atoms. The first kappa shape index (κ1) is 15.0. The van der Waals surface area contributed by atoms with Gasteiger partial charge in [0, 0.05) is 11.1 Å². The molecule has 0 aromatic heterocycles. The Morgan fingerprint density at radius 2 is 1.22 bits per heavy atom. The highest BCUT2D eigenvalue weighted by molar-refractivity contribution is 6.02. The van der Waals surface area contributed by atoms with Crippen molar-refractivity contribution in [1.82, 2.24) is 0 Å². The number of para-hydroxylation sites is 1. The summed E-state index contributed by atoms with van der Waals surface area (Å²) in [6.07, 6.45) is 0. The molecular formula is C20H16O3. The fourth-order valence-corrected chi connectivity index (χ4v) is 2.34. The lowest BCUT2D eigenvalue weighted by atomic mass is 9.96. The molecule has 0 bridgehead atoms. The van der Waals surface area contributed by atoms with Gasteiger partial charge < -0.3 is 9.84 Å². The first-order chi connectivity index (χ1) is 11.2. The van der Waals surface area contributed by atoms with Crippen molar-refractivity contribution in [2.24, 2.45) is 0 Å². The van der Waals surface area contributed by atoms with Crippen molar-refractivity contribution in [3.8, 4) is 5.75 Å². The minimum Gasteiger partial charge on any atom is -0.451 e. The van der Waals surface area contributed by atoms with Gasteiger partial charge in [0.2, 0.25) is 5.78 Å². The maximum atomic E-state index is 12.9. The number of aliphatic hydroxyl groups is 1. The van der Waals surface area contributed by atoms with Gasteiger partial charge in [0.25, 0.3) is 5.79 Å². The van der Waals surface area contributed by atoms with E-state index in [0.717, 1.165) is 0 Å².